The van der Waals surface area contributed by atoms with Crippen LogP contribution in [0.5, 0.6) is 0 Å². The molecule has 2 aromatic heterocycles. The lowest BCUT2D eigenvalue weighted by Crippen LogP contribution is -2.28. The maximum Gasteiger partial charge on any atom is 0.278 e. The van der Waals surface area contributed by atoms with Crippen molar-refractivity contribution in [2.45, 2.75) is 13.5 Å². The van der Waals surface area contributed by atoms with Crippen LogP contribution in [0.15, 0.2) is 47.5 Å². The number of anilines is 1. The Balaban J connectivity index is 1.65. The third-order valence-corrected chi connectivity index (χ3v) is 4.48. The number of aromatic amines is 1. The second-order valence-electron chi connectivity index (χ2n) is 6.25. The van der Waals surface area contributed by atoms with Gasteiger partial charge in [0.05, 0.1) is 12.0 Å². The summed E-state index contributed by atoms with van der Waals surface area (Å²) < 4.78 is 15.0. The number of H-pyrrole nitrogens is 1. The summed E-state index contributed by atoms with van der Waals surface area (Å²) in [5.41, 5.74) is 2.35. The molecule has 2 aromatic carbocycles. The zero-order valence-electron chi connectivity index (χ0n) is 14.2. The molecule has 0 bridgehead atoms. The molecular formula is C19H14ClFN4O2. The van der Waals surface area contributed by atoms with Gasteiger partial charge in [0.1, 0.15) is 23.4 Å². The first-order chi connectivity index (χ1) is 12.9. The standard InChI is InChI=1S/C19H14ClFN4O2/c1-10-2-4-14-12(6-10)17-18(24-14)19(27)25(9-22-17)8-16(26)23-15-5-3-11(20)7-13(15)21/h2-7,9,24H,8H2,1H3,(H,23,26). The predicted octanol–water partition coefficient (Wildman–Crippen LogP) is 3.62. The Morgan fingerprint density at radius 1 is 1.30 bits per heavy atom. The topological polar surface area (TPSA) is 79.8 Å². The van der Waals surface area contributed by atoms with E-state index in [2.05, 4.69) is 15.3 Å². The van der Waals surface area contributed by atoms with Crippen LogP contribution in [-0.2, 0) is 11.3 Å². The monoisotopic (exact) mass is 384 g/mol. The molecular weight excluding hydrogens is 371 g/mol. The molecule has 0 aliphatic carbocycles. The summed E-state index contributed by atoms with van der Waals surface area (Å²) in [5, 5.41) is 3.50. The molecule has 0 unspecified atom stereocenters. The van der Waals surface area contributed by atoms with Gasteiger partial charge in [0.2, 0.25) is 5.91 Å². The summed E-state index contributed by atoms with van der Waals surface area (Å²) >= 11 is 5.69. The average Bonchev–Trinajstić information content (AvgIpc) is 2.98. The molecule has 4 aromatic rings. The van der Waals surface area contributed by atoms with E-state index in [0.29, 0.717) is 11.0 Å². The molecule has 2 N–H and O–H groups in total. The van der Waals surface area contributed by atoms with E-state index in [0.717, 1.165) is 22.5 Å². The van der Waals surface area contributed by atoms with Crippen molar-refractivity contribution in [3.8, 4) is 0 Å². The Bertz CT molecular complexity index is 1260. The highest BCUT2D eigenvalue weighted by atomic mass is 35.5. The molecule has 0 spiro atoms. The van der Waals surface area contributed by atoms with Gasteiger partial charge < -0.3 is 10.3 Å². The van der Waals surface area contributed by atoms with E-state index in [-0.39, 0.29) is 22.8 Å². The van der Waals surface area contributed by atoms with Crippen LogP contribution >= 0.6 is 11.6 Å². The highest BCUT2D eigenvalue weighted by Crippen LogP contribution is 2.22. The number of aryl methyl sites for hydroxylation is 1. The van der Waals surface area contributed by atoms with Gasteiger partial charge in [-0.05, 0) is 37.3 Å². The van der Waals surface area contributed by atoms with Gasteiger partial charge in [-0.25, -0.2) is 9.37 Å². The van der Waals surface area contributed by atoms with Gasteiger partial charge in [-0.15, -0.1) is 0 Å². The van der Waals surface area contributed by atoms with E-state index < -0.39 is 11.7 Å². The maximum absolute atomic E-state index is 13.8. The quantitative estimate of drug-likeness (QED) is 0.566. The van der Waals surface area contributed by atoms with Crippen molar-refractivity contribution in [3.63, 3.8) is 0 Å². The largest absolute Gasteiger partial charge is 0.349 e. The van der Waals surface area contributed by atoms with Gasteiger partial charge in [-0.2, -0.15) is 0 Å². The van der Waals surface area contributed by atoms with Gasteiger partial charge in [0.15, 0.2) is 0 Å². The summed E-state index contributed by atoms with van der Waals surface area (Å²) in [6.45, 7) is 1.66. The van der Waals surface area contributed by atoms with Crippen molar-refractivity contribution < 1.29 is 9.18 Å². The number of carbonyl (C=O) groups excluding carboxylic acids is 1. The third kappa shape index (κ3) is 3.17. The number of fused-ring (bicyclic) bond motifs is 3. The van der Waals surface area contributed by atoms with Crippen molar-refractivity contribution in [1.82, 2.24) is 14.5 Å². The van der Waals surface area contributed by atoms with Crippen LogP contribution in [-0.4, -0.2) is 20.4 Å². The summed E-state index contributed by atoms with van der Waals surface area (Å²) in [6, 6.07) is 9.69. The highest BCUT2D eigenvalue weighted by molar-refractivity contribution is 6.30. The second kappa shape index (κ2) is 6.51. The molecule has 0 saturated carbocycles. The molecule has 0 aliphatic rings. The number of nitrogens with zero attached hydrogens (tertiary/aromatic N) is 2. The van der Waals surface area contributed by atoms with E-state index in [1.807, 2.05) is 25.1 Å². The summed E-state index contributed by atoms with van der Waals surface area (Å²) in [5.74, 6) is -1.20. The first-order valence-electron chi connectivity index (χ1n) is 8.15. The highest BCUT2D eigenvalue weighted by Gasteiger charge is 2.14. The van der Waals surface area contributed by atoms with Crippen LogP contribution in [0.25, 0.3) is 21.9 Å². The lowest BCUT2D eigenvalue weighted by molar-refractivity contribution is -0.116. The van der Waals surface area contributed by atoms with E-state index in [1.165, 1.54) is 23.0 Å². The smallest absolute Gasteiger partial charge is 0.278 e. The Morgan fingerprint density at radius 3 is 2.89 bits per heavy atom. The Kier molecular flexibility index (Phi) is 4.16. The number of amides is 1. The minimum absolute atomic E-state index is 0.00688. The van der Waals surface area contributed by atoms with Crippen molar-refractivity contribution in [2.24, 2.45) is 0 Å². The number of aromatic nitrogens is 3. The molecule has 0 atom stereocenters. The molecule has 0 fully saturated rings. The maximum atomic E-state index is 13.8. The van der Waals surface area contributed by atoms with Gasteiger partial charge in [0.25, 0.3) is 5.56 Å². The van der Waals surface area contributed by atoms with Gasteiger partial charge in [0, 0.05) is 15.9 Å². The number of hydrogen-bond acceptors (Lipinski definition) is 3. The number of carbonyl (C=O) groups is 1. The van der Waals surface area contributed by atoms with Crippen LogP contribution in [0, 0.1) is 12.7 Å². The average molecular weight is 385 g/mol. The van der Waals surface area contributed by atoms with E-state index >= 15 is 0 Å². The lowest BCUT2D eigenvalue weighted by Gasteiger charge is -2.08. The zero-order valence-corrected chi connectivity index (χ0v) is 15.0. The third-order valence-electron chi connectivity index (χ3n) is 4.25. The van der Waals surface area contributed by atoms with Gasteiger partial charge in [-0.1, -0.05) is 23.2 Å². The number of hydrogen-bond donors (Lipinski definition) is 2. The van der Waals surface area contributed by atoms with Crippen molar-refractivity contribution >= 4 is 45.1 Å². The van der Waals surface area contributed by atoms with Crippen LogP contribution < -0.4 is 10.9 Å². The molecule has 0 aliphatic heterocycles. The lowest BCUT2D eigenvalue weighted by atomic mass is 10.2. The molecule has 2 heterocycles. The van der Waals surface area contributed by atoms with Gasteiger partial charge in [-0.3, -0.25) is 14.2 Å². The summed E-state index contributed by atoms with van der Waals surface area (Å²) in [6.07, 6.45) is 1.32. The van der Waals surface area contributed by atoms with E-state index in [4.69, 9.17) is 11.6 Å². The van der Waals surface area contributed by atoms with E-state index in [1.54, 1.807) is 0 Å². The van der Waals surface area contributed by atoms with Crippen molar-refractivity contribution in [2.75, 3.05) is 5.32 Å². The second-order valence-corrected chi connectivity index (χ2v) is 6.68. The molecule has 0 saturated heterocycles. The Labute approximate surface area is 157 Å². The Hall–Kier alpha value is -3.19. The molecule has 4 rings (SSSR count). The van der Waals surface area contributed by atoms with Gasteiger partial charge >= 0.3 is 0 Å². The fraction of sp³-hybridized carbons (Fsp3) is 0.105. The minimum Gasteiger partial charge on any atom is -0.349 e. The molecule has 0 radical (unpaired) electrons. The minimum atomic E-state index is -0.650. The van der Waals surface area contributed by atoms with Crippen LogP contribution in [0.2, 0.25) is 5.02 Å². The zero-order chi connectivity index (χ0) is 19.1. The van der Waals surface area contributed by atoms with E-state index in [9.17, 15) is 14.0 Å². The first-order valence-corrected chi connectivity index (χ1v) is 8.52. The summed E-state index contributed by atoms with van der Waals surface area (Å²) in [4.78, 5) is 32.3. The first kappa shape index (κ1) is 17.2. The Morgan fingerprint density at radius 2 is 2.11 bits per heavy atom. The normalized spacial score (nSPS) is 11.2. The molecule has 6 nitrogen and oxygen atoms in total. The number of halogens is 2. The van der Waals surface area contributed by atoms with Crippen LogP contribution in [0.3, 0.4) is 0 Å². The summed E-state index contributed by atoms with van der Waals surface area (Å²) in [7, 11) is 0. The molecule has 27 heavy (non-hydrogen) atoms. The number of nitrogens with one attached hydrogen (secondary N) is 2. The fourth-order valence-electron chi connectivity index (χ4n) is 2.95. The number of rotatable bonds is 3. The predicted molar refractivity (Wildman–Crippen MR) is 103 cm³/mol. The fourth-order valence-corrected chi connectivity index (χ4v) is 3.11. The van der Waals surface area contributed by atoms with Crippen LogP contribution in [0.1, 0.15) is 5.56 Å². The molecule has 136 valence electrons. The van der Waals surface area contributed by atoms with Crippen LogP contribution in [0.4, 0.5) is 10.1 Å². The molecule has 1 amide bonds. The SMILES string of the molecule is Cc1ccc2[nH]c3c(=O)n(CC(=O)Nc4ccc(Cl)cc4F)cnc3c2c1. The van der Waals surface area contributed by atoms with Crippen molar-refractivity contribution in [1.29, 1.82) is 0 Å². The molecule has 8 heteroatoms. The number of benzene rings is 2. The van der Waals surface area contributed by atoms with Crippen molar-refractivity contribution in [3.05, 3.63) is 69.5 Å².